The number of piperidine rings is 1. The minimum atomic E-state index is -0.890. The Balaban J connectivity index is 1.80. The molecule has 0 aliphatic carbocycles. The number of rotatable bonds is 6. The quantitative estimate of drug-likeness (QED) is 0.822. The Kier molecular flexibility index (Phi) is 6.64. The molecule has 1 aromatic carbocycles. The van der Waals surface area contributed by atoms with Crippen LogP contribution in [-0.4, -0.2) is 66.0 Å². The van der Waals surface area contributed by atoms with Gasteiger partial charge in [-0.15, -0.1) is 0 Å². The van der Waals surface area contributed by atoms with Crippen LogP contribution in [0.4, 0.5) is 0 Å². The fraction of sp³-hybridized carbons (Fsp3) is 0.471. The normalized spacial score (nSPS) is 17.0. The zero-order valence-corrected chi connectivity index (χ0v) is 14.7. The molecule has 0 radical (unpaired) electrons. The van der Waals surface area contributed by atoms with E-state index in [9.17, 15) is 14.4 Å². The highest BCUT2D eigenvalue weighted by atomic mass is 35.5. The fourth-order valence-corrected chi connectivity index (χ4v) is 2.71. The van der Waals surface area contributed by atoms with Crippen LogP contribution in [0.3, 0.4) is 0 Å². The average molecular weight is 369 g/mol. The van der Waals surface area contributed by atoms with Crippen LogP contribution in [-0.2, 0) is 14.4 Å². The summed E-state index contributed by atoms with van der Waals surface area (Å²) in [6.45, 7) is 0.418. The third-order valence-corrected chi connectivity index (χ3v) is 4.35. The van der Waals surface area contributed by atoms with E-state index in [2.05, 4.69) is 0 Å². The van der Waals surface area contributed by atoms with Crippen molar-refractivity contribution in [2.75, 3.05) is 33.3 Å². The molecule has 0 aromatic heterocycles. The molecule has 25 heavy (non-hydrogen) atoms. The number of amides is 2. The predicted molar refractivity (Wildman–Crippen MR) is 91.5 cm³/mol. The molecular weight excluding hydrogens is 348 g/mol. The Hall–Kier alpha value is -2.28. The standard InChI is InChI=1S/C17H21ClN2O5/c1-19(16(22)11-25-14-6-4-13(18)5-7-14)10-15(21)20-8-2-3-12(9-20)17(23)24/h4-7,12H,2-3,8-11H2,1H3,(H,23,24). The number of carboxylic acid groups (broad SMARTS) is 1. The van der Waals surface area contributed by atoms with Gasteiger partial charge in [-0.3, -0.25) is 14.4 Å². The molecule has 0 spiro atoms. The van der Waals surface area contributed by atoms with Gasteiger partial charge in [-0.05, 0) is 37.1 Å². The molecule has 2 amide bonds. The van der Waals surface area contributed by atoms with Crippen LogP contribution in [0.5, 0.6) is 5.75 Å². The number of carboxylic acids is 1. The summed E-state index contributed by atoms with van der Waals surface area (Å²) in [6.07, 6.45) is 1.23. The first-order chi connectivity index (χ1) is 11.9. The Morgan fingerprint density at radius 3 is 2.64 bits per heavy atom. The summed E-state index contributed by atoms with van der Waals surface area (Å²) >= 11 is 5.78. The van der Waals surface area contributed by atoms with Gasteiger partial charge in [0.1, 0.15) is 5.75 Å². The zero-order chi connectivity index (χ0) is 18.4. The Morgan fingerprint density at radius 1 is 1.32 bits per heavy atom. The molecule has 2 rings (SSSR count). The lowest BCUT2D eigenvalue weighted by Gasteiger charge is -2.32. The van der Waals surface area contributed by atoms with Gasteiger partial charge < -0.3 is 19.6 Å². The maximum absolute atomic E-state index is 12.3. The summed E-state index contributed by atoms with van der Waals surface area (Å²) < 4.78 is 5.37. The number of ether oxygens (including phenoxy) is 1. The molecular formula is C17H21ClN2O5. The van der Waals surface area contributed by atoms with Crippen molar-refractivity contribution in [1.82, 2.24) is 9.80 Å². The van der Waals surface area contributed by atoms with E-state index in [4.69, 9.17) is 21.4 Å². The number of aliphatic carboxylic acids is 1. The Labute approximate surface area is 151 Å². The van der Waals surface area contributed by atoms with Crippen LogP contribution in [0.1, 0.15) is 12.8 Å². The van der Waals surface area contributed by atoms with Gasteiger partial charge in [-0.25, -0.2) is 0 Å². The summed E-state index contributed by atoms with van der Waals surface area (Å²) in [5.41, 5.74) is 0. The smallest absolute Gasteiger partial charge is 0.308 e. The van der Waals surface area contributed by atoms with Crippen LogP contribution in [0, 0.1) is 5.92 Å². The van der Waals surface area contributed by atoms with Gasteiger partial charge in [-0.2, -0.15) is 0 Å². The molecule has 136 valence electrons. The highest BCUT2D eigenvalue weighted by Gasteiger charge is 2.28. The lowest BCUT2D eigenvalue weighted by atomic mass is 9.98. The number of nitrogens with zero attached hydrogens (tertiary/aromatic N) is 2. The number of hydrogen-bond donors (Lipinski definition) is 1. The van der Waals surface area contributed by atoms with E-state index in [1.165, 1.54) is 16.8 Å². The Morgan fingerprint density at radius 2 is 2.00 bits per heavy atom. The van der Waals surface area contributed by atoms with E-state index in [0.717, 1.165) is 0 Å². The predicted octanol–water partition coefficient (Wildman–Crippen LogP) is 1.50. The van der Waals surface area contributed by atoms with E-state index >= 15 is 0 Å². The summed E-state index contributed by atoms with van der Waals surface area (Å²) in [4.78, 5) is 38.2. The monoisotopic (exact) mass is 368 g/mol. The van der Waals surface area contributed by atoms with Crippen molar-refractivity contribution in [3.63, 3.8) is 0 Å². The van der Waals surface area contributed by atoms with Crippen molar-refractivity contribution < 1.29 is 24.2 Å². The van der Waals surface area contributed by atoms with Crippen molar-refractivity contribution >= 4 is 29.4 Å². The van der Waals surface area contributed by atoms with E-state index in [-0.39, 0.29) is 31.5 Å². The van der Waals surface area contributed by atoms with Gasteiger partial charge >= 0.3 is 5.97 Å². The number of hydrogen-bond acceptors (Lipinski definition) is 4. The van der Waals surface area contributed by atoms with Crippen LogP contribution in [0.25, 0.3) is 0 Å². The first-order valence-corrected chi connectivity index (χ1v) is 8.37. The highest BCUT2D eigenvalue weighted by Crippen LogP contribution is 2.17. The number of likely N-dealkylation sites (tertiary alicyclic amines) is 1. The summed E-state index contributed by atoms with van der Waals surface area (Å²) in [5, 5.41) is 9.65. The number of carbonyl (C=O) groups is 3. The van der Waals surface area contributed by atoms with Gasteiger partial charge in [0.25, 0.3) is 5.91 Å². The molecule has 1 aromatic rings. The van der Waals surface area contributed by atoms with Crippen LogP contribution in [0.15, 0.2) is 24.3 Å². The first kappa shape index (κ1) is 19.1. The molecule has 1 aliphatic heterocycles. The molecule has 1 heterocycles. The molecule has 1 unspecified atom stereocenters. The van der Waals surface area contributed by atoms with E-state index in [0.29, 0.717) is 30.2 Å². The second-order valence-corrected chi connectivity index (χ2v) is 6.45. The third-order valence-electron chi connectivity index (χ3n) is 4.10. The maximum Gasteiger partial charge on any atom is 0.308 e. The lowest BCUT2D eigenvalue weighted by Crippen LogP contribution is -2.47. The van der Waals surface area contributed by atoms with Gasteiger partial charge in [0.05, 0.1) is 12.5 Å². The van der Waals surface area contributed by atoms with Gasteiger partial charge in [-0.1, -0.05) is 11.6 Å². The molecule has 0 saturated carbocycles. The summed E-state index contributed by atoms with van der Waals surface area (Å²) in [7, 11) is 1.52. The summed E-state index contributed by atoms with van der Waals surface area (Å²) in [6, 6.07) is 6.62. The molecule has 8 heteroatoms. The average Bonchev–Trinajstić information content (AvgIpc) is 2.60. The molecule has 0 bridgehead atoms. The largest absolute Gasteiger partial charge is 0.484 e. The number of benzene rings is 1. The number of likely N-dealkylation sites (N-methyl/N-ethyl adjacent to an activating group) is 1. The van der Waals surface area contributed by atoms with Crippen molar-refractivity contribution in [2.45, 2.75) is 12.8 Å². The van der Waals surface area contributed by atoms with Crippen LogP contribution in [0.2, 0.25) is 5.02 Å². The van der Waals surface area contributed by atoms with Crippen molar-refractivity contribution in [2.24, 2.45) is 5.92 Å². The molecule has 1 N–H and O–H groups in total. The number of halogens is 1. The Bertz CT molecular complexity index is 634. The second kappa shape index (κ2) is 8.71. The topological polar surface area (TPSA) is 87.2 Å². The minimum Gasteiger partial charge on any atom is -0.484 e. The first-order valence-electron chi connectivity index (χ1n) is 7.99. The highest BCUT2D eigenvalue weighted by molar-refractivity contribution is 6.30. The molecule has 1 aliphatic rings. The minimum absolute atomic E-state index is 0.102. The lowest BCUT2D eigenvalue weighted by molar-refractivity contribution is -0.147. The molecule has 7 nitrogen and oxygen atoms in total. The molecule has 1 fully saturated rings. The van der Waals surface area contributed by atoms with Crippen molar-refractivity contribution in [3.8, 4) is 5.75 Å². The molecule has 1 saturated heterocycles. The van der Waals surface area contributed by atoms with Gasteiger partial charge in [0.15, 0.2) is 6.61 Å². The van der Waals surface area contributed by atoms with E-state index < -0.39 is 11.9 Å². The van der Waals surface area contributed by atoms with Gasteiger partial charge in [0, 0.05) is 25.2 Å². The molecule has 1 atom stereocenters. The van der Waals surface area contributed by atoms with Crippen LogP contribution < -0.4 is 4.74 Å². The summed E-state index contributed by atoms with van der Waals surface area (Å²) in [5.74, 6) is -1.51. The van der Waals surface area contributed by atoms with Crippen molar-refractivity contribution in [1.29, 1.82) is 0 Å². The zero-order valence-electron chi connectivity index (χ0n) is 14.0. The van der Waals surface area contributed by atoms with E-state index in [1.807, 2.05) is 0 Å². The third kappa shape index (κ3) is 5.63. The van der Waals surface area contributed by atoms with Gasteiger partial charge in [0.2, 0.25) is 5.91 Å². The number of carbonyl (C=O) groups excluding carboxylic acids is 2. The van der Waals surface area contributed by atoms with E-state index in [1.54, 1.807) is 24.3 Å². The fourth-order valence-electron chi connectivity index (χ4n) is 2.58. The maximum atomic E-state index is 12.3. The second-order valence-electron chi connectivity index (χ2n) is 6.01. The SMILES string of the molecule is CN(CC(=O)N1CCCC(C(=O)O)C1)C(=O)COc1ccc(Cl)cc1. The van der Waals surface area contributed by atoms with Crippen molar-refractivity contribution in [3.05, 3.63) is 29.3 Å². The van der Waals surface area contributed by atoms with Crippen LogP contribution >= 0.6 is 11.6 Å².